The molecule has 1 aliphatic heterocycles. The van der Waals surface area contributed by atoms with Gasteiger partial charge in [-0.3, -0.25) is 4.79 Å². The van der Waals surface area contributed by atoms with Gasteiger partial charge in [-0.25, -0.2) is 27.8 Å². The summed E-state index contributed by atoms with van der Waals surface area (Å²) in [4.78, 5) is 35.5. The van der Waals surface area contributed by atoms with Crippen LogP contribution in [0.2, 0.25) is 0 Å². The van der Waals surface area contributed by atoms with E-state index in [-0.39, 0.29) is 60.0 Å². The van der Waals surface area contributed by atoms with E-state index in [9.17, 15) is 27.8 Å². The van der Waals surface area contributed by atoms with Crippen molar-refractivity contribution in [3.8, 4) is 6.07 Å². The third-order valence-corrected chi connectivity index (χ3v) is 7.20. The van der Waals surface area contributed by atoms with E-state index in [0.29, 0.717) is 5.56 Å². The normalized spacial score (nSPS) is 16.9. The van der Waals surface area contributed by atoms with Crippen LogP contribution < -0.4 is 10.2 Å². The van der Waals surface area contributed by atoms with Gasteiger partial charge in [0, 0.05) is 50.3 Å². The van der Waals surface area contributed by atoms with E-state index >= 15 is 0 Å². The molecule has 2 aromatic rings. The Morgan fingerprint density at radius 2 is 1.97 bits per heavy atom. The van der Waals surface area contributed by atoms with E-state index in [1.54, 1.807) is 32.6 Å². The number of carbonyl (C=O) groups excluding carboxylic acids is 2. The molecule has 0 bridgehead atoms. The number of pyridine rings is 2. The summed E-state index contributed by atoms with van der Waals surface area (Å²) < 4.78 is 49.8. The first-order chi connectivity index (χ1) is 17.6. The number of halogens is 2. The van der Waals surface area contributed by atoms with E-state index < -0.39 is 33.3 Å². The van der Waals surface area contributed by atoms with Gasteiger partial charge >= 0.3 is 6.09 Å². The Hall–Kier alpha value is -3.66. The minimum atomic E-state index is -3.31. The summed E-state index contributed by atoms with van der Waals surface area (Å²) >= 11 is 0. The Bertz CT molecular complexity index is 1410. The first kappa shape index (κ1) is 28.9. The molecule has 2 aromatic heterocycles. The second-order valence-electron chi connectivity index (χ2n) is 10.0. The lowest BCUT2D eigenvalue weighted by Crippen LogP contribution is -2.30. The minimum absolute atomic E-state index is 0.00487. The van der Waals surface area contributed by atoms with Crippen LogP contribution in [0.1, 0.15) is 61.5 Å². The van der Waals surface area contributed by atoms with Crippen molar-refractivity contribution in [2.24, 2.45) is 4.36 Å². The highest BCUT2D eigenvalue weighted by Gasteiger charge is 2.33. The summed E-state index contributed by atoms with van der Waals surface area (Å²) in [5.41, 5.74) is -0.0430. The number of amides is 2. The van der Waals surface area contributed by atoms with Gasteiger partial charge in [0.05, 0.1) is 11.1 Å². The number of ether oxygens (including phenoxy) is 1. The number of nitrogens with one attached hydrogen (secondary N) is 1. The molecule has 1 atom stereocenters. The third-order valence-electron chi connectivity index (χ3n) is 5.71. The molecule has 2 amide bonds. The number of aromatic nitrogens is 2. The van der Waals surface area contributed by atoms with Crippen molar-refractivity contribution in [1.29, 1.82) is 5.26 Å². The molecular weight excluding hydrogens is 518 g/mol. The molecule has 3 rings (SSSR count). The van der Waals surface area contributed by atoms with E-state index in [1.165, 1.54) is 30.8 Å². The largest absolute Gasteiger partial charge is 0.442 e. The van der Waals surface area contributed by atoms with Crippen molar-refractivity contribution in [1.82, 2.24) is 9.97 Å². The maximum absolute atomic E-state index is 14.0. The van der Waals surface area contributed by atoms with Crippen molar-refractivity contribution < 1.29 is 27.3 Å². The number of alkyl halides is 2. The minimum Gasteiger partial charge on any atom is -0.442 e. The Balaban J connectivity index is 1.94. The molecule has 0 aliphatic carbocycles. The summed E-state index contributed by atoms with van der Waals surface area (Å²) in [6, 6.07) is 4.76. The van der Waals surface area contributed by atoms with Gasteiger partial charge in [-0.05, 0) is 51.8 Å². The molecule has 3 heterocycles. The molecule has 10 nitrogen and oxygen atoms in total. The van der Waals surface area contributed by atoms with Gasteiger partial charge in [0.25, 0.3) is 5.91 Å². The second-order valence-corrected chi connectivity index (χ2v) is 12.2. The molecule has 0 spiro atoms. The van der Waals surface area contributed by atoms with Crippen molar-refractivity contribution >= 4 is 33.2 Å². The molecule has 0 aromatic carbocycles. The third kappa shape index (κ3) is 7.22. The Morgan fingerprint density at radius 1 is 1.26 bits per heavy atom. The molecule has 204 valence electrons. The number of hydrogen-bond acceptors (Lipinski definition) is 8. The van der Waals surface area contributed by atoms with Gasteiger partial charge in [-0.15, -0.1) is 4.36 Å². The lowest BCUT2D eigenvalue weighted by Gasteiger charge is -2.25. The zero-order valence-electron chi connectivity index (χ0n) is 21.9. The van der Waals surface area contributed by atoms with Crippen molar-refractivity contribution in [3.63, 3.8) is 0 Å². The highest BCUT2D eigenvalue weighted by atomic mass is 32.2. The van der Waals surface area contributed by atoms with Crippen LogP contribution in [0.15, 0.2) is 33.9 Å². The monoisotopic (exact) mass is 548 g/mol. The molecule has 13 heteroatoms. The van der Waals surface area contributed by atoms with Gasteiger partial charge in [0.15, 0.2) is 0 Å². The molecule has 1 N–H and O–H groups in total. The van der Waals surface area contributed by atoms with Crippen LogP contribution >= 0.6 is 0 Å². The Kier molecular flexibility index (Phi) is 8.36. The number of rotatable bonds is 4. The summed E-state index contributed by atoms with van der Waals surface area (Å²) in [7, 11) is -3.31. The summed E-state index contributed by atoms with van der Waals surface area (Å²) in [5, 5.41) is 12.1. The van der Waals surface area contributed by atoms with Gasteiger partial charge < -0.3 is 15.0 Å². The van der Waals surface area contributed by atoms with Crippen molar-refractivity contribution in [2.45, 2.75) is 63.5 Å². The van der Waals surface area contributed by atoms with E-state index in [0.717, 1.165) is 0 Å². The van der Waals surface area contributed by atoms with Crippen molar-refractivity contribution in [2.75, 3.05) is 29.6 Å². The molecule has 1 saturated heterocycles. The average molecular weight is 549 g/mol. The standard InChI is InChI=1S/C25H30F2N6O4S/c1-16-17(14-28)15-30-21(33-11-6-8-25(26,27)9-12-33)20(16)22(34)31-18-7-10-29-19(13-18)38(5,36)32-23(35)37-24(2,3)4/h7,10,13,15H,6,8-9,11-12H2,1-5H3,(H,29,31,34)/t38-/m1/s1. The molecule has 0 radical (unpaired) electrons. The maximum atomic E-state index is 14.0. The number of hydrogen-bond donors (Lipinski definition) is 1. The van der Waals surface area contributed by atoms with Crippen LogP contribution in [0.3, 0.4) is 0 Å². The highest BCUT2D eigenvalue weighted by molar-refractivity contribution is 7.93. The fourth-order valence-electron chi connectivity index (χ4n) is 3.85. The van der Waals surface area contributed by atoms with Crippen LogP contribution in [0.25, 0.3) is 0 Å². The number of nitriles is 1. The lowest BCUT2D eigenvalue weighted by molar-refractivity contribution is -0.0102. The summed E-state index contributed by atoms with van der Waals surface area (Å²) in [6.07, 6.45) is 2.41. The van der Waals surface area contributed by atoms with E-state index in [1.807, 2.05) is 6.07 Å². The van der Waals surface area contributed by atoms with Crippen LogP contribution in [0.5, 0.6) is 0 Å². The van der Waals surface area contributed by atoms with Crippen LogP contribution in [0, 0.1) is 18.3 Å². The fraction of sp³-hybridized carbons (Fsp3) is 0.480. The topological polar surface area (TPSA) is 138 Å². The molecular formula is C25H30F2N6O4S. The van der Waals surface area contributed by atoms with Crippen LogP contribution in [0.4, 0.5) is 25.1 Å². The predicted molar refractivity (Wildman–Crippen MR) is 138 cm³/mol. The fourth-order valence-corrected chi connectivity index (χ4v) is 4.86. The second kappa shape index (κ2) is 11.0. The van der Waals surface area contributed by atoms with Gasteiger partial charge in [-0.2, -0.15) is 5.26 Å². The van der Waals surface area contributed by atoms with Gasteiger partial charge in [0.1, 0.15) is 32.2 Å². The van der Waals surface area contributed by atoms with Crippen molar-refractivity contribution in [3.05, 3.63) is 41.2 Å². The number of anilines is 2. The molecule has 38 heavy (non-hydrogen) atoms. The first-order valence-electron chi connectivity index (χ1n) is 11.9. The number of nitrogens with zero attached hydrogens (tertiary/aromatic N) is 5. The highest BCUT2D eigenvalue weighted by Crippen LogP contribution is 2.32. The number of carbonyl (C=O) groups is 2. The molecule has 1 fully saturated rings. The maximum Gasteiger partial charge on any atom is 0.442 e. The van der Waals surface area contributed by atoms with Gasteiger partial charge in [-0.1, -0.05) is 0 Å². The summed E-state index contributed by atoms with van der Waals surface area (Å²) in [6.45, 7) is 6.80. The lowest BCUT2D eigenvalue weighted by atomic mass is 10.0. The zero-order chi connectivity index (χ0) is 28.3. The first-order valence-corrected chi connectivity index (χ1v) is 13.8. The smallest absolute Gasteiger partial charge is 0.442 e. The average Bonchev–Trinajstić information content (AvgIpc) is 2.97. The van der Waals surface area contributed by atoms with Crippen LogP contribution in [-0.4, -0.2) is 57.0 Å². The molecule has 0 saturated carbocycles. The Morgan fingerprint density at radius 3 is 2.63 bits per heavy atom. The van der Waals surface area contributed by atoms with E-state index in [2.05, 4.69) is 19.6 Å². The summed E-state index contributed by atoms with van der Waals surface area (Å²) in [5.74, 6) is -3.24. The zero-order valence-corrected chi connectivity index (χ0v) is 22.7. The quantitative estimate of drug-likeness (QED) is 0.568. The Labute approximate surface area is 220 Å². The van der Waals surface area contributed by atoms with E-state index in [4.69, 9.17) is 4.74 Å². The molecule has 0 unspecified atom stereocenters. The SMILES string of the molecule is Cc1c(C#N)cnc(N2CCCC(F)(F)CC2)c1C(=O)Nc1ccnc([S@@](C)(=O)=NC(=O)OC(C)(C)C)c1. The van der Waals surface area contributed by atoms with Crippen LogP contribution in [-0.2, 0) is 14.5 Å². The predicted octanol–water partition coefficient (Wildman–Crippen LogP) is 4.93. The molecule has 1 aliphatic rings. The van der Waals surface area contributed by atoms with Gasteiger partial charge in [0.2, 0.25) is 5.92 Å².